The molecule has 278 valence electrons. The van der Waals surface area contributed by atoms with E-state index in [-0.39, 0.29) is 27.3 Å². The lowest BCUT2D eigenvalue weighted by atomic mass is 9.59. The van der Waals surface area contributed by atoms with Crippen molar-refractivity contribution >= 4 is 110 Å². The molecule has 0 saturated heterocycles. The smallest absolute Gasteiger partial charge is 0.113 e. The molecule has 0 fully saturated rings. The standard InChI is InChI=1S/C55H28B5N3/c56-50-49(51(57)53(59)54(60)52(50)58)37-20-22-47(41-28-62-61-27-40(37)41)63-46-21-18-31(24-38(46)39-23-29-9-1-2-10-30(29)26-48(39)63)32-17-19-36-35-13-5-8-16-44(35)55(45(36)25-32)42-14-6-3-11-33(42)34-12-4-7-15-43(34)55/h1-28H. The molecule has 0 aliphatic heterocycles. The average Bonchev–Trinajstić information content (AvgIpc) is 3.93. The Labute approximate surface area is 370 Å². The van der Waals surface area contributed by atoms with Gasteiger partial charge in [0.25, 0.3) is 0 Å². The van der Waals surface area contributed by atoms with Gasteiger partial charge in [0.05, 0.1) is 34.5 Å². The van der Waals surface area contributed by atoms with E-state index >= 15 is 0 Å². The number of hydrogen-bond acceptors (Lipinski definition) is 2. The summed E-state index contributed by atoms with van der Waals surface area (Å²) < 4.78 is 2.33. The highest BCUT2D eigenvalue weighted by atomic mass is 15.1. The molecule has 2 heterocycles. The summed E-state index contributed by atoms with van der Waals surface area (Å²) in [5.74, 6) is 0. The summed E-state index contributed by atoms with van der Waals surface area (Å²) >= 11 is 0. The molecule has 13 rings (SSSR count). The molecular weight excluding hydrogens is 757 g/mol. The lowest BCUT2D eigenvalue weighted by Crippen LogP contribution is -2.55. The second kappa shape index (κ2) is 13.1. The van der Waals surface area contributed by atoms with E-state index < -0.39 is 5.41 Å². The van der Waals surface area contributed by atoms with Crippen molar-refractivity contribution in [3.8, 4) is 50.2 Å². The Morgan fingerprint density at radius 1 is 0.365 bits per heavy atom. The van der Waals surface area contributed by atoms with Gasteiger partial charge in [0, 0.05) is 21.5 Å². The third-order valence-corrected chi connectivity index (χ3v) is 13.9. The van der Waals surface area contributed by atoms with E-state index in [2.05, 4.69) is 166 Å². The van der Waals surface area contributed by atoms with Crippen molar-refractivity contribution in [3.63, 3.8) is 0 Å². The summed E-state index contributed by atoms with van der Waals surface area (Å²) in [7, 11) is 32.2. The lowest BCUT2D eigenvalue weighted by Gasteiger charge is -2.30. The molecule has 0 amide bonds. The molecule has 2 aromatic heterocycles. The minimum Gasteiger partial charge on any atom is -0.309 e. The molecule has 9 aromatic carbocycles. The maximum atomic E-state index is 6.62. The molecular formula is C55H28B5N3. The van der Waals surface area contributed by atoms with Gasteiger partial charge in [-0.05, 0) is 114 Å². The van der Waals surface area contributed by atoms with Gasteiger partial charge in [-0.1, -0.05) is 132 Å². The molecule has 63 heavy (non-hydrogen) atoms. The fraction of sp³-hybridized carbons (Fsp3) is 0.0182. The minimum absolute atomic E-state index is 0.171. The summed E-state index contributed by atoms with van der Waals surface area (Å²) in [5.41, 5.74) is 17.7. The van der Waals surface area contributed by atoms with Gasteiger partial charge in [0.1, 0.15) is 39.2 Å². The van der Waals surface area contributed by atoms with Gasteiger partial charge in [-0.15, -0.1) is 16.4 Å². The van der Waals surface area contributed by atoms with E-state index in [0.29, 0.717) is 5.56 Å². The van der Waals surface area contributed by atoms with Crippen LogP contribution in [0.2, 0.25) is 0 Å². The summed E-state index contributed by atoms with van der Waals surface area (Å²) in [5, 5.41) is 14.9. The lowest BCUT2D eigenvalue weighted by molar-refractivity contribution is 0.794. The van der Waals surface area contributed by atoms with Crippen LogP contribution in [0.15, 0.2) is 170 Å². The number of fused-ring (bicyclic) bond motifs is 15. The first-order valence-corrected chi connectivity index (χ1v) is 21.0. The van der Waals surface area contributed by atoms with Gasteiger partial charge in [-0.2, -0.15) is 10.2 Å². The molecule has 0 saturated carbocycles. The maximum Gasteiger partial charge on any atom is 0.113 e. The van der Waals surface area contributed by atoms with Gasteiger partial charge in [0.2, 0.25) is 0 Å². The van der Waals surface area contributed by atoms with Crippen LogP contribution in [0.5, 0.6) is 0 Å². The van der Waals surface area contributed by atoms with Crippen LogP contribution in [0.25, 0.3) is 93.5 Å². The highest BCUT2D eigenvalue weighted by Crippen LogP contribution is 2.63. The molecule has 11 aromatic rings. The third kappa shape index (κ3) is 4.76. The average molecular weight is 785 g/mol. The van der Waals surface area contributed by atoms with Crippen molar-refractivity contribution in [2.24, 2.45) is 0 Å². The van der Waals surface area contributed by atoms with E-state index in [1.165, 1.54) is 49.9 Å². The van der Waals surface area contributed by atoms with Crippen LogP contribution in [0.4, 0.5) is 0 Å². The van der Waals surface area contributed by atoms with E-state index in [4.69, 9.17) is 39.2 Å². The molecule has 2 aliphatic carbocycles. The molecule has 0 atom stereocenters. The number of benzene rings is 9. The first-order chi connectivity index (χ1) is 30.8. The molecule has 3 nitrogen and oxygen atoms in total. The quantitative estimate of drug-likeness (QED) is 0.174. The van der Waals surface area contributed by atoms with Crippen molar-refractivity contribution in [1.29, 1.82) is 0 Å². The van der Waals surface area contributed by atoms with Crippen LogP contribution in [-0.4, -0.2) is 54.0 Å². The second-order valence-corrected chi connectivity index (χ2v) is 16.8. The topological polar surface area (TPSA) is 30.7 Å². The fourth-order valence-electron chi connectivity index (χ4n) is 11.1. The van der Waals surface area contributed by atoms with E-state index in [1.54, 1.807) is 12.4 Å². The van der Waals surface area contributed by atoms with Crippen LogP contribution in [0.1, 0.15) is 22.3 Å². The Morgan fingerprint density at radius 3 is 1.51 bits per heavy atom. The first kappa shape index (κ1) is 36.4. The monoisotopic (exact) mass is 785 g/mol. The van der Waals surface area contributed by atoms with Crippen molar-refractivity contribution in [1.82, 2.24) is 14.8 Å². The summed E-state index contributed by atoms with van der Waals surface area (Å²) in [6.45, 7) is 0. The summed E-state index contributed by atoms with van der Waals surface area (Å²) in [4.78, 5) is 0. The summed E-state index contributed by atoms with van der Waals surface area (Å²) in [6.07, 6.45) is 3.52. The predicted molar refractivity (Wildman–Crippen MR) is 265 cm³/mol. The largest absolute Gasteiger partial charge is 0.309 e. The molecule has 8 heteroatoms. The van der Waals surface area contributed by atoms with Crippen LogP contribution in [0, 0.1) is 0 Å². The Balaban J connectivity index is 1.05. The molecule has 0 unspecified atom stereocenters. The Kier molecular flexibility index (Phi) is 7.57. The van der Waals surface area contributed by atoms with E-state index in [0.717, 1.165) is 60.3 Å². The zero-order chi connectivity index (χ0) is 42.3. The number of hydrogen-bond donors (Lipinski definition) is 0. The van der Waals surface area contributed by atoms with E-state index in [1.807, 2.05) is 6.07 Å². The second-order valence-electron chi connectivity index (χ2n) is 16.8. The van der Waals surface area contributed by atoms with Crippen molar-refractivity contribution < 1.29 is 0 Å². The van der Waals surface area contributed by atoms with Crippen molar-refractivity contribution in [3.05, 3.63) is 192 Å². The fourth-order valence-corrected chi connectivity index (χ4v) is 11.1. The Morgan fingerprint density at radius 2 is 0.857 bits per heavy atom. The first-order valence-electron chi connectivity index (χ1n) is 21.0. The van der Waals surface area contributed by atoms with Crippen LogP contribution in [0.3, 0.4) is 0 Å². The van der Waals surface area contributed by atoms with Gasteiger partial charge < -0.3 is 4.57 Å². The van der Waals surface area contributed by atoms with Crippen molar-refractivity contribution in [2.45, 2.75) is 5.41 Å². The molecule has 1 spiro atoms. The highest BCUT2D eigenvalue weighted by Gasteiger charge is 2.51. The van der Waals surface area contributed by atoms with Crippen LogP contribution < -0.4 is 27.3 Å². The molecule has 2 aliphatic rings. The normalized spacial score (nSPS) is 13.2. The summed E-state index contributed by atoms with van der Waals surface area (Å²) in [6, 6.07) is 57.9. The minimum atomic E-state index is -0.427. The van der Waals surface area contributed by atoms with E-state index in [9.17, 15) is 0 Å². The number of aromatic nitrogens is 3. The molecule has 10 radical (unpaired) electrons. The molecule has 0 N–H and O–H groups in total. The third-order valence-electron chi connectivity index (χ3n) is 13.9. The number of rotatable bonds is 3. The van der Waals surface area contributed by atoms with Gasteiger partial charge in [-0.25, -0.2) is 0 Å². The highest BCUT2D eigenvalue weighted by molar-refractivity contribution is 6.68. The van der Waals surface area contributed by atoms with Gasteiger partial charge in [-0.3, -0.25) is 0 Å². The predicted octanol–water partition coefficient (Wildman–Crippen LogP) is 7.53. The van der Waals surface area contributed by atoms with Gasteiger partial charge >= 0.3 is 0 Å². The molecule has 0 bridgehead atoms. The Hall–Kier alpha value is -7.30. The zero-order valence-corrected chi connectivity index (χ0v) is 33.9. The zero-order valence-electron chi connectivity index (χ0n) is 33.9. The number of nitrogens with zero attached hydrogens (tertiary/aromatic N) is 3. The van der Waals surface area contributed by atoms with Crippen molar-refractivity contribution in [2.75, 3.05) is 0 Å². The SMILES string of the molecule is [B]c1c([B])c([B])c(-c2ccc(-n3c4ccc(-c5ccc6c(c5)C5(c7ccccc7-c7ccccc75)c5ccccc5-6)cc4c4cc5ccccc5cc43)c3cnncc23)c([B])c1[B]. The Bertz CT molecular complexity index is 3740. The van der Waals surface area contributed by atoms with Gasteiger partial charge in [0.15, 0.2) is 0 Å². The van der Waals surface area contributed by atoms with Crippen LogP contribution >= 0.6 is 0 Å². The van der Waals surface area contributed by atoms with Crippen LogP contribution in [-0.2, 0) is 5.41 Å². The maximum absolute atomic E-state index is 6.62.